The van der Waals surface area contributed by atoms with Gasteiger partial charge in [0.05, 0.1) is 11.1 Å². The topological polar surface area (TPSA) is 69.2 Å². The third-order valence-corrected chi connectivity index (χ3v) is 2.33. The van der Waals surface area contributed by atoms with E-state index in [1.54, 1.807) is 19.1 Å². The van der Waals surface area contributed by atoms with Gasteiger partial charge in [-0.3, -0.25) is 10.1 Å². The molecule has 6 heteroatoms. The minimum Gasteiger partial charge on any atom is -0.441 e. The Morgan fingerprint density at radius 3 is 2.81 bits per heavy atom. The van der Waals surface area contributed by atoms with E-state index in [-0.39, 0.29) is 22.2 Å². The fourth-order valence-corrected chi connectivity index (χ4v) is 1.60. The summed E-state index contributed by atoms with van der Waals surface area (Å²) in [5.41, 5.74) is 0.0941. The van der Waals surface area contributed by atoms with E-state index >= 15 is 0 Å². The lowest BCUT2D eigenvalue weighted by atomic mass is 10.2. The monoisotopic (exact) mass is 238 g/mol. The Hall–Kier alpha value is -1.88. The molecule has 0 N–H and O–H groups in total. The van der Waals surface area contributed by atoms with Crippen molar-refractivity contribution in [2.75, 3.05) is 0 Å². The smallest absolute Gasteiger partial charge is 0.300 e. The van der Waals surface area contributed by atoms with Gasteiger partial charge in [-0.1, -0.05) is 17.7 Å². The standard InChI is InChI=1S/C10H7ClN2O3/c1-6-5-12-10(16-6)7-3-2-4-8(11)9(7)13(14)15/h2-5H,1H3. The van der Waals surface area contributed by atoms with Crippen LogP contribution in [0.15, 0.2) is 28.8 Å². The zero-order valence-corrected chi connectivity index (χ0v) is 9.06. The lowest BCUT2D eigenvalue weighted by Gasteiger charge is -1.99. The summed E-state index contributed by atoms with van der Waals surface area (Å²) in [6.07, 6.45) is 1.50. The molecule has 0 bridgehead atoms. The summed E-state index contributed by atoms with van der Waals surface area (Å²) in [7, 11) is 0. The average Bonchev–Trinajstić information content (AvgIpc) is 2.63. The molecule has 0 spiro atoms. The van der Waals surface area contributed by atoms with Gasteiger partial charge in [0.15, 0.2) is 0 Å². The van der Waals surface area contributed by atoms with Crippen LogP contribution in [0.4, 0.5) is 5.69 Å². The van der Waals surface area contributed by atoms with Gasteiger partial charge in [0.2, 0.25) is 5.89 Å². The summed E-state index contributed by atoms with van der Waals surface area (Å²) >= 11 is 5.77. The molecule has 0 amide bonds. The second kappa shape index (κ2) is 3.94. The second-order valence-electron chi connectivity index (χ2n) is 3.17. The van der Waals surface area contributed by atoms with Gasteiger partial charge >= 0.3 is 0 Å². The number of halogens is 1. The Bertz CT molecular complexity index is 551. The number of nitro groups is 1. The van der Waals surface area contributed by atoms with E-state index in [0.29, 0.717) is 5.76 Å². The average molecular weight is 239 g/mol. The van der Waals surface area contributed by atoms with Gasteiger partial charge in [-0.25, -0.2) is 4.98 Å². The van der Waals surface area contributed by atoms with Crippen LogP contribution in [-0.4, -0.2) is 9.91 Å². The molecule has 1 aromatic heterocycles. The first-order valence-corrected chi connectivity index (χ1v) is 4.83. The molecule has 0 aliphatic heterocycles. The number of aryl methyl sites for hydroxylation is 1. The van der Waals surface area contributed by atoms with Gasteiger partial charge in [-0.2, -0.15) is 0 Å². The highest BCUT2D eigenvalue weighted by Gasteiger charge is 2.22. The van der Waals surface area contributed by atoms with Crippen LogP contribution in [-0.2, 0) is 0 Å². The van der Waals surface area contributed by atoms with Gasteiger partial charge in [0, 0.05) is 0 Å². The molecule has 0 atom stereocenters. The SMILES string of the molecule is Cc1cnc(-c2cccc(Cl)c2[N+](=O)[O-])o1. The Kier molecular flexibility index (Phi) is 2.62. The number of aromatic nitrogens is 1. The van der Waals surface area contributed by atoms with Crippen molar-refractivity contribution in [3.05, 3.63) is 45.3 Å². The van der Waals surface area contributed by atoms with Gasteiger partial charge in [-0.15, -0.1) is 0 Å². The Morgan fingerprint density at radius 1 is 1.50 bits per heavy atom. The van der Waals surface area contributed by atoms with E-state index in [9.17, 15) is 10.1 Å². The molecule has 0 unspecified atom stereocenters. The molecule has 1 aromatic carbocycles. The van der Waals surface area contributed by atoms with Crippen molar-refractivity contribution < 1.29 is 9.34 Å². The second-order valence-corrected chi connectivity index (χ2v) is 3.58. The van der Waals surface area contributed by atoms with Gasteiger partial charge in [-0.05, 0) is 19.1 Å². The number of oxazole rings is 1. The fourth-order valence-electron chi connectivity index (χ4n) is 1.35. The number of para-hydroxylation sites is 1. The lowest BCUT2D eigenvalue weighted by molar-refractivity contribution is -0.384. The van der Waals surface area contributed by atoms with E-state index in [0.717, 1.165) is 0 Å². The van der Waals surface area contributed by atoms with Crippen LogP contribution in [0.1, 0.15) is 5.76 Å². The van der Waals surface area contributed by atoms with Crippen molar-refractivity contribution in [2.24, 2.45) is 0 Å². The molecule has 0 saturated heterocycles. The van der Waals surface area contributed by atoms with Crippen LogP contribution in [0.2, 0.25) is 5.02 Å². The molecule has 0 aliphatic rings. The van der Waals surface area contributed by atoms with Crippen LogP contribution in [0.25, 0.3) is 11.5 Å². The highest BCUT2D eigenvalue weighted by Crippen LogP contribution is 2.35. The van der Waals surface area contributed by atoms with Crippen LogP contribution in [0, 0.1) is 17.0 Å². The Balaban J connectivity index is 2.65. The molecule has 0 saturated carbocycles. The lowest BCUT2D eigenvalue weighted by Crippen LogP contribution is -1.93. The number of nitro benzene ring substituents is 1. The van der Waals surface area contributed by atoms with Crippen molar-refractivity contribution >= 4 is 17.3 Å². The molecular formula is C10H7ClN2O3. The normalized spacial score (nSPS) is 10.4. The highest BCUT2D eigenvalue weighted by atomic mass is 35.5. The summed E-state index contributed by atoms with van der Waals surface area (Å²) in [5.74, 6) is 0.788. The number of hydrogen-bond donors (Lipinski definition) is 0. The van der Waals surface area contributed by atoms with E-state index in [1.165, 1.54) is 12.3 Å². The van der Waals surface area contributed by atoms with E-state index in [4.69, 9.17) is 16.0 Å². The van der Waals surface area contributed by atoms with Gasteiger partial charge in [0.25, 0.3) is 5.69 Å². The van der Waals surface area contributed by atoms with Gasteiger partial charge < -0.3 is 4.42 Å². The molecule has 2 aromatic rings. The number of rotatable bonds is 2. The molecule has 1 heterocycles. The minimum atomic E-state index is -0.544. The van der Waals surface area contributed by atoms with Crippen molar-refractivity contribution in [2.45, 2.75) is 6.92 Å². The first-order valence-electron chi connectivity index (χ1n) is 4.45. The predicted octanol–water partition coefficient (Wildman–Crippen LogP) is 3.21. The molecule has 16 heavy (non-hydrogen) atoms. The quantitative estimate of drug-likeness (QED) is 0.595. The number of nitrogens with zero attached hydrogens (tertiary/aromatic N) is 2. The summed E-state index contributed by atoms with van der Waals surface area (Å²) in [5, 5.41) is 10.9. The molecule has 0 fully saturated rings. The van der Waals surface area contributed by atoms with Crippen molar-refractivity contribution in [3.63, 3.8) is 0 Å². The molecule has 5 nitrogen and oxygen atoms in total. The molecule has 2 rings (SSSR count). The third-order valence-electron chi connectivity index (χ3n) is 2.02. The van der Waals surface area contributed by atoms with E-state index < -0.39 is 4.92 Å². The maximum absolute atomic E-state index is 10.9. The Labute approximate surface area is 95.8 Å². The molecular weight excluding hydrogens is 232 g/mol. The van der Waals surface area contributed by atoms with Crippen LogP contribution in [0.5, 0.6) is 0 Å². The molecule has 0 radical (unpaired) electrons. The maximum Gasteiger partial charge on any atom is 0.300 e. The first-order chi connectivity index (χ1) is 7.59. The third kappa shape index (κ3) is 1.77. The zero-order valence-electron chi connectivity index (χ0n) is 8.31. The number of benzene rings is 1. The Morgan fingerprint density at radius 2 is 2.25 bits per heavy atom. The summed E-state index contributed by atoms with van der Waals surface area (Å²) < 4.78 is 5.24. The molecule has 0 aliphatic carbocycles. The summed E-state index contributed by atoms with van der Waals surface area (Å²) in [4.78, 5) is 14.3. The summed E-state index contributed by atoms with van der Waals surface area (Å²) in [6.45, 7) is 1.72. The van der Waals surface area contributed by atoms with Crippen molar-refractivity contribution in [1.82, 2.24) is 4.98 Å². The van der Waals surface area contributed by atoms with Crippen LogP contribution in [0.3, 0.4) is 0 Å². The number of hydrogen-bond acceptors (Lipinski definition) is 4. The highest BCUT2D eigenvalue weighted by molar-refractivity contribution is 6.33. The summed E-state index contributed by atoms with van der Waals surface area (Å²) in [6, 6.07) is 4.62. The largest absolute Gasteiger partial charge is 0.441 e. The van der Waals surface area contributed by atoms with Crippen LogP contribution < -0.4 is 0 Å². The van der Waals surface area contributed by atoms with Crippen LogP contribution >= 0.6 is 11.6 Å². The van der Waals surface area contributed by atoms with E-state index in [1.807, 2.05) is 0 Å². The molecule has 82 valence electrons. The first kappa shape index (κ1) is 10.6. The van der Waals surface area contributed by atoms with Crippen molar-refractivity contribution in [1.29, 1.82) is 0 Å². The predicted molar refractivity (Wildman–Crippen MR) is 58.3 cm³/mol. The fraction of sp³-hybridized carbons (Fsp3) is 0.100. The van der Waals surface area contributed by atoms with E-state index in [2.05, 4.69) is 4.98 Å². The zero-order chi connectivity index (χ0) is 11.7. The van der Waals surface area contributed by atoms with Gasteiger partial charge in [0.1, 0.15) is 16.3 Å². The maximum atomic E-state index is 10.9. The minimum absolute atomic E-state index is 0.0679. The van der Waals surface area contributed by atoms with Crippen molar-refractivity contribution in [3.8, 4) is 11.5 Å².